The summed E-state index contributed by atoms with van der Waals surface area (Å²) in [6.45, 7) is 1.44. The molecule has 7 nitrogen and oxygen atoms in total. The number of azide groups is 1. The lowest BCUT2D eigenvalue weighted by molar-refractivity contribution is -0.806. The zero-order valence-corrected chi connectivity index (χ0v) is 5.05. The molecule has 0 aliphatic carbocycles. The van der Waals surface area contributed by atoms with E-state index in [-0.39, 0.29) is 16.4 Å². The normalized spacial score (nSPS) is 8.90. The number of nitrogens with zero attached hydrogens (tertiary/aromatic N) is 5. The fourth-order valence-electron chi connectivity index (χ4n) is 0.418. The molecular weight excluding hydrogens is 138 g/mol. The molecule has 10 heavy (non-hydrogen) atoms. The highest BCUT2D eigenvalue weighted by Crippen LogP contribution is 2.08. The van der Waals surface area contributed by atoms with Crippen molar-refractivity contribution in [2.45, 2.75) is 6.92 Å². The van der Waals surface area contributed by atoms with Gasteiger partial charge in [-0.3, -0.25) is 4.63 Å². The maximum Gasteiger partial charge on any atom is 0.307 e. The van der Waals surface area contributed by atoms with Gasteiger partial charge >= 0.3 is 5.82 Å². The molecule has 0 fully saturated rings. The lowest BCUT2D eigenvalue weighted by atomic mass is 10.5. The van der Waals surface area contributed by atoms with Crippen molar-refractivity contribution < 1.29 is 9.53 Å². The summed E-state index contributed by atoms with van der Waals surface area (Å²) >= 11 is 0. The Morgan fingerprint density at radius 2 is 2.60 bits per heavy atom. The summed E-state index contributed by atoms with van der Waals surface area (Å²) in [5.74, 6) is -0.0301. The Labute approximate surface area is 55.0 Å². The number of rotatable bonds is 1. The average molecular weight is 141 g/mol. The van der Waals surface area contributed by atoms with Gasteiger partial charge in [-0.2, -0.15) is 0 Å². The minimum Gasteiger partial charge on any atom is -0.359 e. The monoisotopic (exact) mass is 141 g/mol. The van der Waals surface area contributed by atoms with Crippen molar-refractivity contribution in [1.29, 1.82) is 0 Å². The van der Waals surface area contributed by atoms with E-state index in [1.165, 1.54) is 6.92 Å². The third-order valence-electron chi connectivity index (χ3n) is 0.938. The maximum absolute atomic E-state index is 10.4. The third-order valence-corrected chi connectivity index (χ3v) is 0.938. The SMILES string of the molecule is Cc1c(N=[N+]=[N-])no[n+]1[O-]. The summed E-state index contributed by atoms with van der Waals surface area (Å²) in [6, 6.07) is 0. The highest BCUT2D eigenvalue weighted by atomic mass is 16.8. The molecule has 0 spiro atoms. The van der Waals surface area contributed by atoms with Crippen molar-refractivity contribution in [3.63, 3.8) is 0 Å². The Morgan fingerprint density at radius 3 is 3.00 bits per heavy atom. The molecule has 1 rings (SSSR count). The van der Waals surface area contributed by atoms with Crippen LogP contribution in [0, 0.1) is 12.1 Å². The van der Waals surface area contributed by atoms with Crippen LogP contribution in [0.25, 0.3) is 10.4 Å². The number of aromatic nitrogens is 2. The maximum atomic E-state index is 10.4. The van der Waals surface area contributed by atoms with E-state index >= 15 is 0 Å². The van der Waals surface area contributed by atoms with Crippen LogP contribution in [0.4, 0.5) is 5.82 Å². The minimum atomic E-state index is -0.0301. The third kappa shape index (κ3) is 0.848. The van der Waals surface area contributed by atoms with Gasteiger partial charge in [0.15, 0.2) is 0 Å². The molecule has 0 unspecified atom stereocenters. The highest BCUT2D eigenvalue weighted by Gasteiger charge is 2.10. The topological polar surface area (TPSA) is 102 Å². The molecule has 0 amide bonds. The summed E-state index contributed by atoms with van der Waals surface area (Å²) in [7, 11) is 0. The molecule has 0 aliphatic heterocycles. The van der Waals surface area contributed by atoms with E-state index in [2.05, 4.69) is 19.8 Å². The van der Waals surface area contributed by atoms with Crippen molar-refractivity contribution in [3.8, 4) is 0 Å². The fraction of sp³-hybridized carbons (Fsp3) is 0.333. The van der Waals surface area contributed by atoms with Gasteiger partial charge in [-0.15, -0.1) is 0 Å². The van der Waals surface area contributed by atoms with E-state index < -0.39 is 0 Å². The molecule has 52 valence electrons. The summed E-state index contributed by atoms with van der Waals surface area (Å²) < 4.78 is 4.09. The first-order valence-electron chi connectivity index (χ1n) is 2.37. The van der Waals surface area contributed by atoms with E-state index in [1.54, 1.807) is 0 Å². The molecule has 0 radical (unpaired) electrons. The van der Waals surface area contributed by atoms with E-state index in [1.807, 2.05) is 0 Å². The van der Waals surface area contributed by atoms with Gasteiger partial charge in [-0.25, -0.2) is 0 Å². The molecule has 0 aromatic carbocycles. The van der Waals surface area contributed by atoms with Gasteiger partial charge in [0.2, 0.25) is 5.69 Å². The molecule has 0 aliphatic rings. The highest BCUT2D eigenvalue weighted by molar-refractivity contribution is 5.25. The van der Waals surface area contributed by atoms with E-state index in [0.29, 0.717) is 0 Å². The molecule has 0 saturated carbocycles. The molecule has 1 aromatic heterocycles. The predicted octanol–water partition coefficient (Wildman–Crippen LogP) is 0.558. The summed E-state index contributed by atoms with van der Waals surface area (Å²) in [6.07, 6.45) is 0. The van der Waals surface area contributed by atoms with Crippen LogP contribution < -0.4 is 4.90 Å². The van der Waals surface area contributed by atoms with Gasteiger partial charge in [0, 0.05) is 17.0 Å². The Morgan fingerprint density at radius 1 is 1.90 bits per heavy atom. The number of hydrogen-bond donors (Lipinski definition) is 0. The Balaban J connectivity index is 3.17. The van der Waals surface area contributed by atoms with Gasteiger partial charge in [0.1, 0.15) is 0 Å². The smallest absolute Gasteiger partial charge is 0.307 e. The van der Waals surface area contributed by atoms with Gasteiger partial charge in [0.05, 0.1) is 0 Å². The second-order valence-corrected chi connectivity index (χ2v) is 1.53. The number of hydrogen-bond acceptors (Lipinski definition) is 4. The van der Waals surface area contributed by atoms with Crippen LogP contribution >= 0.6 is 0 Å². The molecule has 0 atom stereocenters. The van der Waals surface area contributed by atoms with Crippen LogP contribution in [0.3, 0.4) is 0 Å². The molecule has 0 saturated heterocycles. The fourth-order valence-corrected chi connectivity index (χ4v) is 0.418. The summed E-state index contributed by atoms with van der Waals surface area (Å²) in [5.41, 5.74) is 8.07. The summed E-state index contributed by atoms with van der Waals surface area (Å²) in [5, 5.41) is 16.7. The van der Waals surface area contributed by atoms with Crippen molar-refractivity contribution in [2.24, 2.45) is 5.11 Å². The molecule has 7 heteroatoms. The molecular formula is C3H3N5O2. The average Bonchev–Trinajstić information content (AvgIpc) is 2.20. The Kier molecular flexibility index (Phi) is 1.43. The Bertz CT molecular complexity index is 285. The molecule has 1 aromatic rings. The van der Waals surface area contributed by atoms with Crippen LogP contribution in [0.1, 0.15) is 5.69 Å². The van der Waals surface area contributed by atoms with Crippen LogP contribution in [0.2, 0.25) is 0 Å². The van der Waals surface area contributed by atoms with Crippen molar-refractivity contribution in [2.75, 3.05) is 0 Å². The van der Waals surface area contributed by atoms with Gasteiger partial charge < -0.3 is 5.21 Å². The van der Waals surface area contributed by atoms with E-state index in [0.717, 1.165) is 0 Å². The van der Waals surface area contributed by atoms with E-state index in [4.69, 9.17) is 5.53 Å². The lowest BCUT2D eigenvalue weighted by Gasteiger charge is -1.82. The quantitative estimate of drug-likeness (QED) is 0.247. The van der Waals surface area contributed by atoms with Gasteiger partial charge in [-0.05, 0) is 15.5 Å². The minimum absolute atomic E-state index is 0.0301. The second kappa shape index (κ2) is 2.24. The second-order valence-electron chi connectivity index (χ2n) is 1.53. The molecule has 0 N–H and O–H groups in total. The zero-order chi connectivity index (χ0) is 7.56. The Hall–Kier alpha value is -1.75. The molecule has 0 bridgehead atoms. The van der Waals surface area contributed by atoms with Crippen molar-refractivity contribution in [1.82, 2.24) is 5.16 Å². The van der Waals surface area contributed by atoms with Gasteiger partial charge in [0.25, 0.3) is 0 Å². The first-order chi connectivity index (χ1) is 4.75. The van der Waals surface area contributed by atoms with Crippen molar-refractivity contribution >= 4 is 5.82 Å². The lowest BCUT2D eigenvalue weighted by Crippen LogP contribution is -2.25. The summed E-state index contributed by atoms with van der Waals surface area (Å²) in [4.78, 5) is 2.60. The van der Waals surface area contributed by atoms with E-state index in [9.17, 15) is 5.21 Å². The van der Waals surface area contributed by atoms with Gasteiger partial charge in [-0.1, -0.05) is 0 Å². The standard InChI is InChI=1S/C3H3N5O2/c1-2-3(5-7-4)6-10-8(2)9/h1H3. The first kappa shape index (κ1) is 6.37. The van der Waals surface area contributed by atoms with Crippen LogP contribution in [0.5, 0.6) is 0 Å². The largest absolute Gasteiger partial charge is 0.359 e. The van der Waals surface area contributed by atoms with Crippen LogP contribution in [-0.2, 0) is 0 Å². The van der Waals surface area contributed by atoms with Crippen LogP contribution in [-0.4, -0.2) is 5.16 Å². The zero-order valence-electron chi connectivity index (χ0n) is 5.05. The van der Waals surface area contributed by atoms with Crippen molar-refractivity contribution in [3.05, 3.63) is 21.3 Å². The predicted molar refractivity (Wildman–Crippen MR) is 29.0 cm³/mol. The molecule has 1 heterocycles. The first-order valence-corrected chi connectivity index (χ1v) is 2.37. The van der Waals surface area contributed by atoms with Crippen LogP contribution in [0.15, 0.2) is 9.74 Å².